The second-order valence-electron chi connectivity index (χ2n) is 6.69. The summed E-state index contributed by atoms with van der Waals surface area (Å²) in [7, 11) is -1.03. The molecule has 0 bridgehead atoms. The van der Waals surface area contributed by atoms with Gasteiger partial charge in [0.1, 0.15) is 23.4 Å². The summed E-state index contributed by atoms with van der Waals surface area (Å²) >= 11 is 4.10. The first kappa shape index (κ1) is 20.9. The van der Waals surface area contributed by atoms with Gasteiger partial charge in [0, 0.05) is 31.7 Å². The number of hydrogen-bond acceptors (Lipinski definition) is 7. The van der Waals surface area contributed by atoms with Crippen LogP contribution in [0.3, 0.4) is 0 Å². The molecule has 2 heterocycles. The van der Waals surface area contributed by atoms with Crippen LogP contribution in [0.4, 0.5) is 28.9 Å². The number of aliphatic imine (C=N–C) groups is 1. The third kappa shape index (κ3) is 4.53. The number of amidine groups is 1. The van der Waals surface area contributed by atoms with Crippen molar-refractivity contribution in [3.63, 3.8) is 0 Å². The van der Waals surface area contributed by atoms with Gasteiger partial charge in [0.25, 0.3) is 0 Å². The quantitative estimate of drug-likeness (QED) is 0.342. The third-order valence-corrected chi connectivity index (χ3v) is 11.0. The van der Waals surface area contributed by atoms with Crippen LogP contribution in [0.1, 0.15) is 12.8 Å². The summed E-state index contributed by atoms with van der Waals surface area (Å²) in [5, 5.41) is 0. The van der Waals surface area contributed by atoms with Crippen molar-refractivity contribution in [2.45, 2.75) is 30.0 Å². The molecule has 0 aromatic heterocycles. The van der Waals surface area contributed by atoms with Crippen LogP contribution in [0.5, 0.6) is 0 Å². The Hall–Kier alpha value is -0.350. The average molecular weight is 471 g/mol. The van der Waals surface area contributed by atoms with Crippen LogP contribution in [-0.2, 0) is 0 Å². The Bertz CT molecular complexity index is 775. The number of nitrogens with one attached hydrogen (secondary N) is 2. The number of halogens is 4. The van der Waals surface area contributed by atoms with E-state index in [0.717, 1.165) is 18.7 Å². The van der Waals surface area contributed by atoms with Crippen LogP contribution < -0.4 is 14.1 Å². The lowest BCUT2D eigenvalue weighted by Gasteiger charge is -2.35. The molecule has 2 unspecified atom stereocenters. The molecule has 4 rings (SSSR count). The summed E-state index contributed by atoms with van der Waals surface area (Å²) in [5.41, 5.74) is 0.696. The Labute approximate surface area is 174 Å². The fourth-order valence-electron chi connectivity index (χ4n) is 3.20. The van der Waals surface area contributed by atoms with Gasteiger partial charge >= 0.3 is 6.18 Å². The molecular weight excluding hydrogens is 451 g/mol. The Morgan fingerprint density at radius 3 is 2.82 bits per heavy atom. The van der Waals surface area contributed by atoms with Crippen molar-refractivity contribution in [1.29, 1.82) is 0 Å². The Balaban J connectivity index is 1.75. The highest BCUT2D eigenvalue weighted by Crippen LogP contribution is 2.54. The minimum Gasteiger partial charge on any atom is -0.357 e. The predicted molar refractivity (Wildman–Crippen MR) is 113 cm³/mol. The molecule has 1 aromatic rings. The average Bonchev–Trinajstić information content (AvgIpc) is 3.47. The van der Waals surface area contributed by atoms with Gasteiger partial charge in [-0.2, -0.15) is 13.2 Å². The van der Waals surface area contributed by atoms with Crippen LogP contribution in [0.15, 0.2) is 22.0 Å². The number of fused-ring (bicyclic) bond motifs is 1. The molecule has 1 saturated carbocycles. The van der Waals surface area contributed by atoms with E-state index in [0.29, 0.717) is 22.3 Å². The summed E-state index contributed by atoms with van der Waals surface area (Å²) in [5.74, 6) is 1.11. The first-order valence-corrected chi connectivity index (χ1v) is 13.9. The highest BCUT2D eigenvalue weighted by molar-refractivity contribution is 8.56. The van der Waals surface area contributed by atoms with E-state index in [1.165, 1.54) is 52.3 Å². The van der Waals surface area contributed by atoms with Gasteiger partial charge in [-0.05, 0) is 43.2 Å². The second kappa shape index (κ2) is 8.41. The summed E-state index contributed by atoms with van der Waals surface area (Å²) in [6.07, 6.45) is -0.591. The number of rotatable bonds is 4. The topological polar surface area (TPSA) is 39.7 Å². The molecule has 1 aliphatic carbocycles. The Morgan fingerprint density at radius 2 is 2.14 bits per heavy atom. The van der Waals surface area contributed by atoms with E-state index in [4.69, 9.17) is 0 Å². The normalized spacial score (nSPS) is 25.6. The first-order valence-electron chi connectivity index (χ1n) is 8.74. The smallest absolute Gasteiger partial charge is 0.357 e. The van der Waals surface area contributed by atoms with Crippen molar-refractivity contribution in [3.05, 3.63) is 17.9 Å². The van der Waals surface area contributed by atoms with Gasteiger partial charge in [-0.3, -0.25) is 0 Å². The number of anilines is 1. The second-order valence-corrected chi connectivity index (χ2v) is 12.6. The predicted octanol–water partition coefficient (Wildman–Crippen LogP) is 5.54. The zero-order chi connectivity index (χ0) is 19.9. The third-order valence-electron chi connectivity index (χ3n) is 4.66. The van der Waals surface area contributed by atoms with Crippen LogP contribution in [0.2, 0.25) is 0 Å². The van der Waals surface area contributed by atoms with Gasteiger partial charge in [-0.15, -0.1) is 11.4 Å². The molecule has 1 aromatic carbocycles. The maximum Gasteiger partial charge on any atom is 0.409 e. The fraction of sp³-hybridized carbons (Fsp3) is 0.562. The molecule has 2 fully saturated rings. The molecule has 0 radical (unpaired) electrons. The number of alkyl halides is 3. The van der Waals surface area contributed by atoms with Crippen molar-refractivity contribution < 1.29 is 17.6 Å². The number of benzene rings is 1. The van der Waals surface area contributed by atoms with Gasteiger partial charge < -0.3 is 9.62 Å². The molecule has 1 saturated heterocycles. The minimum atomic E-state index is -4.41. The maximum absolute atomic E-state index is 14.3. The van der Waals surface area contributed by atoms with E-state index < -0.39 is 25.3 Å². The first-order chi connectivity index (χ1) is 13.4. The minimum absolute atomic E-state index is 0.0415. The molecule has 28 heavy (non-hydrogen) atoms. The molecule has 0 amide bonds. The molecule has 154 valence electrons. The van der Waals surface area contributed by atoms with Crippen LogP contribution in [0.25, 0.3) is 0 Å². The largest absolute Gasteiger partial charge is 0.409 e. The summed E-state index contributed by atoms with van der Waals surface area (Å²) in [6.45, 7) is 0.200. The van der Waals surface area contributed by atoms with E-state index in [9.17, 15) is 17.6 Å². The van der Waals surface area contributed by atoms with Gasteiger partial charge in [0.2, 0.25) is 0 Å². The van der Waals surface area contributed by atoms with E-state index >= 15 is 0 Å². The van der Waals surface area contributed by atoms with Crippen LogP contribution in [-0.4, -0.2) is 42.8 Å². The number of nitrogens with zero attached hydrogens (tertiary/aromatic N) is 2. The van der Waals surface area contributed by atoms with Crippen molar-refractivity contribution in [3.8, 4) is 0 Å². The molecule has 12 heteroatoms. The van der Waals surface area contributed by atoms with Crippen molar-refractivity contribution >= 4 is 59.8 Å². The monoisotopic (exact) mass is 470 g/mol. The van der Waals surface area contributed by atoms with Crippen molar-refractivity contribution in [2.75, 3.05) is 29.6 Å². The molecule has 2 atom stereocenters. The van der Waals surface area contributed by atoms with Crippen LogP contribution >= 0.6 is 42.6 Å². The van der Waals surface area contributed by atoms with E-state index in [-0.39, 0.29) is 18.4 Å². The highest BCUT2D eigenvalue weighted by atomic mass is 32.7. The van der Waals surface area contributed by atoms with Crippen molar-refractivity contribution in [2.24, 2.45) is 10.9 Å². The molecule has 2 N–H and O–H groups in total. The molecule has 0 spiro atoms. The zero-order valence-electron chi connectivity index (χ0n) is 14.9. The van der Waals surface area contributed by atoms with Gasteiger partial charge in [0.05, 0.1) is 10.6 Å². The lowest BCUT2D eigenvalue weighted by atomic mass is 10.1. The zero-order valence-corrected chi connectivity index (χ0v) is 18.3. The lowest BCUT2D eigenvalue weighted by molar-refractivity contribution is -0.143. The fourth-order valence-corrected chi connectivity index (χ4v) is 9.48. The Kier molecular flexibility index (Phi) is 6.28. The summed E-state index contributed by atoms with van der Waals surface area (Å²) in [6, 6.07) is 0.872. The van der Waals surface area contributed by atoms with E-state index in [1.54, 1.807) is 0 Å². The Morgan fingerprint density at radius 1 is 1.36 bits per heavy atom. The standard InChI is InChI=1S/C16H19F4N4PS3/c1-26-23-25-8-13(16(18,19)20)24(4-5-27-25)11-6-10(17)7-12-14(11)21-15(22-28-12)9-2-3-9/h6-7,9,13,23H,2-5,8H2,1H3,(H,21,22). The van der Waals surface area contributed by atoms with Gasteiger partial charge in [-0.1, -0.05) is 11.9 Å². The molecule has 2 aliphatic heterocycles. The lowest BCUT2D eigenvalue weighted by Crippen LogP contribution is -2.48. The molecular formula is C16H19F4N4PS3. The van der Waals surface area contributed by atoms with E-state index in [1.807, 2.05) is 6.26 Å². The number of hydrogen-bond donors (Lipinski definition) is 2. The molecule has 4 nitrogen and oxygen atoms in total. The van der Waals surface area contributed by atoms with Crippen LogP contribution in [0, 0.1) is 11.7 Å². The van der Waals surface area contributed by atoms with Gasteiger partial charge in [0.15, 0.2) is 0 Å². The highest BCUT2D eigenvalue weighted by Gasteiger charge is 2.47. The maximum atomic E-state index is 14.3. The summed E-state index contributed by atoms with van der Waals surface area (Å²) < 4.78 is 62.5. The molecule has 3 aliphatic rings. The summed E-state index contributed by atoms with van der Waals surface area (Å²) in [4.78, 5) is 6.46. The van der Waals surface area contributed by atoms with E-state index in [2.05, 4.69) is 14.2 Å². The van der Waals surface area contributed by atoms with Crippen molar-refractivity contribution in [1.82, 2.24) is 9.21 Å². The SMILES string of the molecule is CSNP1CC(C(F)(F)F)N(c2cc(F)cc3c2N=C(C2CC2)NS3)CCS1. The van der Waals surface area contributed by atoms with Gasteiger partial charge in [-0.25, -0.2) is 13.9 Å².